The van der Waals surface area contributed by atoms with Gasteiger partial charge >= 0.3 is 0 Å². The number of aromatic nitrogens is 2. The maximum absolute atomic E-state index is 13.8. The second-order valence-electron chi connectivity index (χ2n) is 8.70. The molecule has 0 saturated carbocycles. The molecule has 1 aromatic heterocycles. The Morgan fingerprint density at radius 3 is 2.03 bits per heavy atom. The summed E-state index contributed by atoms with van der Waals surface area (Å²) in [5.74, 6) is -1.41. The van der Waals surface area contributed by atoms with Crippen molar-refractivity contribution in [3.05, 3.63) is 127 Å². The summed E-state index contributed by atoms with van der Waals surface area (Å²) in [5, 5.41) is 1.12. The van der Waals surface area contributed by atoms with Crippen LogP contribution in [0, 0.1) is 0 Å². The zero-order valence-corrected chi connectivity index (χ0v) is 23.1. The highest BCUT2D eigenvalue weighted by molar-refractivity contribution is 9.11. The molecule has 6 rings (SSSR count). The third kappa shape index (κ3) is 4.27. The van der Waals surface area contributed by atoms with Crippen molar-refractivity contribution in [3.8, 4) is 17.1 Å². The Balaban J connectivity index is 1.38. The molecule has 190 valence electrons. The van der Waals surface area contributed by atoms with E-state index in [0.717, 1.165) is 10.0 Å². The molecule has 39 heavy (non-hydrogen) atoms. The summed E-state index contributed by atoms with van der Waals surface area (Å²) in [6, 6.07) is 25.5. The van der Waals surface area contributed by atoms with Crippen molar-refractivity contribution in [2.75, 3.05) is 0 Å². The molecule has 10 heteroatoms. The van der Waals surface area contributed by atoms with Crippen molar-refractivity contribution in [1.82, 2.24) is 20.0 Å². The lowest BCUT2D eigenvalue weighted by atomic mass is 10.1. The van der Waals surface area contributed by atoms with E-state index in [0.29, 0.717) is 31.9 Å². The lowest BCUT2D eigenvalue weighted by Gasteiger charge is -2.16. The summed E-state index contributed by atoms with van der Waals surface area (Å²) in [6.07, 6.45) is 0. The van der Waals surface area contributed by atoms with Gasteiger partial charge in [-0.3, -0.25) is 29.2 Å². The number of carbonyl (C=O) groups excluding carboxylic acids is 3. The van der Waals surface area contributed by atoms with Crippen LogP contribution in [0.4, 0.5) is 0 Å². The van der Waals surface area contributed by atoms with E-state index in [2.05, 4.69) is 37.3 Å². The van der Waals surface area contributed by atoms with Gasteiger partial charge in [-0.15, -0.1) is 0 Å². The molecular weight excluding hydrogens is 628 g/mol. The van der Waals surface area contributed by atoms with Gasteiger partial charge in [-0.05, 0) is 64.5 Å². The number of benzene rings is 4. The maximum Gasteiger partial charge on any atom is 0.280 e. The van der Waals surface area contributed by atoms with Crippen LogP contribution in [-0.2, 0) is 0 Å². The minimum atomic E-state index is -0.642. The molecule has 1 aliphatic rings. The number of hydrazine groups is 1. The third-order valence-electron chi connectivity index (χ3n) is 6.32. The lowest BCUT2D eigenvalue weighted by molar-refractivity contribution is 0.0518. The number of halogens is 2. The minimum absolute atomic E-state index is 0.198. The molecule has 2 heterocycles. The number of nitrogens with one attached hydrogen (secondary N) is 1. The molecule has 0 radical (unpaired) electrons. The van der Waals surface area contributed by atoms with Crippen molar-refractivity contribution >= 4 is 60.5 Å². The van der Waals surface area contributed by atoms with Crippen LogP contribution in [-0.4, -0.2) is 32.3 Å². The zero-order valence-electron chi connectivity index (χ0n) is 19.9. The highest BCUT2D eigenvalue weighted by atomic mass is 79.9. The fraction of sp³-hybridized carbons (Fsp3) is 0. The van der Waals surface area contributed by atoms with Gasteiger partial charge in [0.1, 0.15) is 5.82 Å². The van der Waals surface area contributed by atoms with E-state index in [1.807, 2.05) is 36.4 Å². The standard InChI is InChI=1S/C29H16Br2N4O4/c30-18-14-22-24(23(31)15-18)32-25(16-6-2-1-3-7-16)34(27(22)37)19-12-10-17(11-13-19)26(36)33-35-28(38)20-8-4-5-9-21(20)29(35)39/h1-15H,(H,33,36). The molecule has 0 atom stereocenters. The summed E-state index contributed by atoms with van der Waals surface area (Å²) in [5.41, 5.74) is 4.51. The first-order chi connectivity index (χ1) is 18.8. The molecule has 8 nitrogen and oxygen atoms in total. The van der Waals surface area contributed by atoms with Crippen molar-refractivity contribution in [1.29, 1.82) is 0 Å². The van der Waals surface area contributed by atoms with Gasteiger partial charge in [0.25, 0.3) is 23.3 Å². The molecule has 5 aromatic rings. The predicted molar refractivity (Wildman–Crippen MR) is 153 cm³/mol. The Bertz CT molecular complexity index is 1850. The van der Waals surface area contributed by atoms with Crippen molar-refractivity contribution in [3.63, 3.8) is 0 Å². The van der Waals surface area contributed by atoms with E-state index in [9.17, 15) is 19.2 Å². The van der Waals surface area contributed by atoms with Gasteiger partial charge in [-0.1, -0.05) is 58.4 Å². The average molecular weight is 644 g/mol. The molecule has 0 aliphatic carbocycles. The maximum atomic E-state index is 13.8. The summed E-state index contributed by atoms with van der Waals surface area (Å²) >= 11 is 6.95. The van der Waals surface area contributed by atoms with E-state index >= 15 is 0 Å². The van der Waals surface area contributed by atoms with Crippen LogP contribution in [0.5, 0.6) is 0 Å². The molecule has 1 N–H and O–H groups in total. The van der Waals surface area contributed by atoms with Gasteiger partial charge in [0.2, 0.25) is 0 Å². The Morgan fingerprint density at radius 1 is 0.769 bits per heavy atom. The smallest absolute Gasteiger partial charge is 0.268 e. The number of hydrogen-bond donors (Lipinski definition) is 1. The third-order valence-corrected chi connectivity index (χ3v) is 7.38. The van der Waals surface area contributed by atoms with Crippen LogP contribution >= 0.6 is 31.9 Å². The van der Waals surface area contributed by atoms with Crippen LogP contribution in [0.3, 0.4) is 0 Å². The number of carbonyl (C=O) groups is 3. The average Bonchev–Trinajstić information content (AvgIpc) is 3.19. The largest absolute Gasteiger partial charge is 0.280 e. The topological polar surface area (TPSA) is 101 Å². The number of imide groups is 1. The fourth-order valence-electron chi connectivity index (χ4n) is 4.45. The van der Waals surface area contributed by atoms with E-state index in [-0.39, 0.29) is 22.2 Å². The number of fused-ring (bicyclic) bond motifs is 2. The first-order valence-electron chi connectivity index (χ1n) is 11.7. The Hall–Kier alpha value is -4.41. The number of amides is 3. The first kappa shape index (κ1) is 24.9. The van der Waals surface area contributed by atoms with Gasteiger partial charge in [-0.2, -0.15) is 5.01 Å². The van der Waals surface area contributed by atoms with Gasteiger partial charge in [0.05, 0.1) is 27.7 Å². The SMILES string of the molecule is O=C(NN1C(=O)c2ccccc2C1=O)c1ccc(-n2c(-c3ccccc3)nc3c(Br)cc(Br)cc3c2=O)cc1. The van der Waals surface area contributed by atoms with Crippen LogP contribution in [0.15, 0.2) is 105 Å². The monoisotopic (exact) mass is 642 g/mol. The van der Waals surface area contributed by atoms with Crippen LogP contribution in [0.2, 0.25) is 0 Å². The van der Waals surface area contributed by atoms with Crippen molar-refractivity contribution in [2.24, 2.45) is 0 Å². The molecular formula is C29H16Br2N4O4. The van der Waals surface area contributed by atoms with Crippen LogP contribution < -0.4 is 11.0 Å². The molecule has 0 spiro atoms. The normalized spacial score (nSPS) is 12.6. The van der Waals surface area contributed by atoms with Gasteiger partial charge < -0.3 is 0 Å². The summed E-state index contributed by atoms with van der Waals surface area (Å²) in [6.45, 7) is 0. The predicted octanol–water partition coefficient (Wildman–Crippen LogP) is 5.52. The molecule has 4 aromatic carbocycles. The first-order valence-corrected chi connectivity index (χ1v) is 13.3. The summed E-state index contributed by atoms with van der Waals surface area (Å²) in [4.78, 5) is 56.8. The number of nitrogens with zero attached hydrogens (tertiary/aromatic N) is 3. The van der Waals surface area contributed by atoms with Gasteiger partial charge in [0, 0.05) is 20.1 Å². The molecule has 0 fully saturated rings. The Morgan fingerprint density at radius 2 is 1.38 bits per heavy atom. The summed E-state index contributed by atoms with van der Waals surface area (Å²) < 4.78 is 2.89. The van der Waals surface area contributed by atoms with Crippen molar-refractivity contribution in [2.45, 2.75) is 0 Å². The molecule has 0 unspecified atom stereocenters. The van der Waals surface area contributed by atoms with Gasteiger partial charge in [-0.25, -0.2) is 4.98 Å². The molecule has 0 bridgehead atoms. The fourth-order valence-corrected chi connectivity index (χ4v) is 5.77. The van der Waals surface area contributed by atoms with Crippen LogP contribution in [0.25, 0.3) is 28.0 Å². The molecule has 0 saturated heterocycles. The van der Waals surface area contributed by atoms with E-state index in [1.54, 1.807) is 30.3 Å². The minimum Gasteiger partial charge on any atom is -0.268 e. The van der Waals surface area contributed by atoms with E-state index in [4.69, 9.17) is 4.98 Å². The van der Waals surface area contributed by atoms with E-state index < -0.39 is 17.7 Å². The second kappa shape index (κ2) is 9.72. The summed E-state index contributed by atoms with van der Waals surface area (Å²) in [7, 11) is 0. The van der Waals surface area contributed by atoms with Crippen molar-refractivity contribution < 1.29 is 14.4 Å². The number of rotatable bonds is 4. The molecule has 1 aliphatic heterocycles. The van der Waals surface area contributed by atoms with E-state index in [1.165, 1.54) is 28.8 Å². The number of hydrogen-bond acceptors (Lipinski definition) is 5. The second-order valence-corrected chi connectivity index (χ2v) is 10.5. The lowest BCUT2D eigenvalue weighted by Crippen LogP contribution is -2.45. The molecule has 3 amide bonds. The quantitative estimate of drug-likeness (QED) is 0.260. The Labute approximate surface area is 238 Å². The van der Waals surface area contributed by atoms with Gasteiger partial charge in [0.15, 0.2) is 0 Å². The zero-order chi connectivity index (χ0) is 27.3. The highest BCUT2D eigenvalue weighted by Gasteiger charge is 2.36. The Kier molecular flexibility index (Phi) is 6.20. The van der Waals surface area contributed by atoms with Crippen LogP contribution in [0.1, 0.15) is 31.1 Å². The highest BCUT2D eigenvalue weighted by Crippen LogP contribution is 2.29.